The molecular formula is C14H21NOS2. The van der Waals surface area contributed by atoms with Crippen molar-refractivity contribution < 1.29 is 4.74 Å². The lowest BCUT2D eigenvalue weighted by Crippen LogP contribution is -2.37. The van der Waals surface area contributed by atoms with Crippen molar-refractivity contribution in [1.82, 2.24) is 4.90 Å². The Hall–Kier alpha value is -0.160. The Kier molecular flexibility index (Phi) is 6.41. The van der Waals surface area contributed by atoms with Crippen molar-refractivity contribution in [2.24, 2.45) is 0 Å². The molecular weight excluding hydrogens is 262 g/mol. The van der Waals surface area contributed by atoms with E-state index in [-0.39, 0.29) is 0 Å². The SMILES string of the molecule is Cc1ccccc1CSSCCN1CCOCC1. The minimum absolute atomic E-state index is 0.904. The number of morpholine rings is 1. The van der Waals surface area contributed by atoms with Gasteiger partial charge in [0, 0.05) is 31.1 Å². The molecule has 18 heavy (non-hydrogen) atoms. The summed E-state index contributed by atoms with van der Waals surface area (Å²) in [5, 5.41) is 0. The molecule has 0 N–H and O–H groups in total. The summed E-state index contributed by atoms with van der Waals surface area (Å²) in [4.78, 5) is 2.49. The predicted octanol–water partition coefficient (Wildman–Crippen LogP) is 3.21. The minimum atomic E-state index is 0.904. The third kappa shape index (κ3) is 4.84. The molecule has 1 saturated heterocycles. The van der Waals surface area contributed by atoms with E-state index in [2.05, 4.69) is 36.1 Å². The summed E-state index contributed by atoms with van der Waals surface area (Å²) in [6, 6.07) is 8.65. The maximum Gasteiger partial charge on any atom is 0.0594 e. The molecule has 1 aliphatic rings. The van der Waals surface area contributed by atoms with Gasteiger partial charge in [0.2, 0.25) is 0 Å². The van der Waals surface area contributed by atoms with Gasteiger partial charge in [-0.05, 0) is 18.1 Å². The van der Waals surface area contributed by atoms with E-state index < -0.39 is 0 Å². The van der Waals surface area contributed by atoms with Crippen LogP contribution in [0.2, 0.25) is 0 Å². The van der Waals surface area contributed by atoms with Gasteiger partial charge in [-0.25, -0.2) is 0 Å². The van der Waals surface area contributed by atoms with E-state index in [9.17, 15) is 0 Å². The van der Waals surface area contributed by atoms with Crippen LogP contribution in [0.1, 0.15) is 11.1 Å². The number of aryl methyl sites for hydroxylation is 1. The average molecular weight is 283 g/mol. The number of hydrogen-bond donors (Lipinski definition) is 0. The van der Waals surface area contributed by atoms with E-state index in [1.807, 2.05) is 21.6 Å². The third-order valence-corrected chi connectivity index (χ3v) is 5.45. The Balaban J connectivity index is 1.57. The van der Waals surface area contributed by atoms with Gasteiger partial charge < -0.3 is 4.74 Å². The monoisotopic (exact) mass is 283 g/mol. The largest absolute Gasteiger partial charge is 0.379 e. The summed E-state index contributed by atoms with van der Waals surface area (Å²) in [7, 11) is 3.95. The summed E-state index contributed by atoms with van der Waals surface area (Å²) >= 11 is 0. The zero-order valence-corrected chi connectivity index (χ0v) is 12.6. The number of ether oxygens (including phenoxy) is 1. The lowest BCUT2D eigenvalue weighted by Gasteiger charge is -2.26. The van der Waals surface area contributed by atoms with Gasteiger partial charge in [-0.1, -0.05) is 45.9 Å². The fourth-order valence-corrected chi connectivity index (χ4v) is 4.12. The Labute approximate surface area is 118 Å². The highest BCUT2D eigenvalue weighted by Crippen LogP contribution is 2.27. The summed E-state index contributed by atoms with van der Waals surface area (Å²) in [6.45, 7) is 7.39. The van der Waals surface area contributed by atoms with Crippen LogP contribution in [0, 0.1) is 6.92 Å². The zero-order chi connectivity index (χ0) is 12.6. The molecule has 1 aliphatic heterocycles. The van der Waals surface area contributed by atoms with E-state index in [0.29, 0.717) is 0 Å². The van der Waals surface area contributed by atoms with E-state index in [1.54, 1.807) is 0 Å². The second kappa shape index (κ2) is 8.10. The molecule has 1 aromatic rings. The van der Waals surface area contributed by atoms with Crippen LogP contribution in [0.25, 0.3) is 0 Å². The van der Waals surface area contributed by atoms with Gasteiger partial charge >= 0.3 is 0 Å². The van der Waals surface area contributed by atoms with Crippen LogP contribution in [0.3, 0.4) is 0 Å². The fourth-order valence-electron chi connectivity index (χ4n) is 1.93. The van der Waals surface area contributed by atoms with Crippen LogP contribution in [-0.4, -0.2) is 43.5 Å². The van der Waals surface area contributed by atoms with Crippen molar-refractivity contribution in [3.8, 4) is 0 Å². The molecule has 2 rings (SSSR count). The molecule has 0 bridgehead atoms. The van der Waals surface area contributed by atoms with E-state index in [4.69, 9.17) is 4.74 Å². The maximum absolute atomic E-state index is 5.34. The number of hydrogen-bond acceptors (Lipinski definition) is 4. The lowest BCUT2D eigenvalue weighted by molar-refractivity contribution is 0.0410. The standard InChI is InChI=1S/C14H21NOS2/c1-13-4-2-3-5-14(13)12-18-17-11-8-15-6-9-16-10-7-15/h2-5H,6-12H2,1H3. The first-order chi connectivity index (χ1) is 8.86. The number of benzene rings is 1. The van der Waals surface area contributed by atoms with Crippen LogP contribution in [-0.2, 0) is 10.5 Å². The highest BCUT2D eigenvalue weighted by molar-refractivity contribution is 8.76. The maximum atomic E-state index is 5.34. The first kappa shape index (κ1) is 14.3. The van der Waals surface area contributed by atoms with Gasteiger partial charge in [-0.3, -0.25) is 4.90 Å². The summed E-state index contributed by atoms with van der Waals surface area (Å²) < 4.78 is 5.34. The number of rotatable bonds is 6. The Bertz CT molecular complexity index is 353. The van der Waals surface area contributed by atoms with Crippen LogP contribution < -0.4 is 0 Å². The van der Waals surface area contributed by atoms with Crippen molar-refractivity contribution in [3.05, 3.63) is 35.4 Å². The number of nitrogens with zero attached hydrogens (tertiary/aromatic N) is 1. The Morgan fingerprint density at radius 2 is 1.94 bits per heavy atom. The lowest BCUT2D eigenvalue weighted by atomic mass is 10.1. The van der Waals surface area contributed by atoms with Crippen molar-refractivity contribution in [3.63, 3.8) is 0 Å². The molecule has 0 aromatic heterocycles. The molecule has 1 fully saturated rings. The van der Waals surface area contributed by atoms with Gasteiger partial charge in [-0.2, -0.15) is 0 Å². The molecule has 0 aliphatic carbocycles. The molecule has 100 valence electrons. The zero-order valence-electron chi connectivity index (χ0n) is 10.9. The molecule has 0 amide bonds. The van der Waals surface area contributed by atoms with Gasteiger partial charge in [0.1, 0.15) is 0 Å². The van der Waals surface area contributed by atoms with Crippen LogP contribution >= 0.6 is 21.6 Å². The summed E-state index contributed by atoms with van der Waals surface area (Å²) in [5.74, 6) is 2.32. The van der Waals surface area contributed by atoms with Crippen LogP contribution in [0.4, 0.5) is 0 Å². The third-order valence-electron chi connectivity index (χ3n) is 3.15. The fraction of sp³-hybridized carbons (Fsp3) is 0.571. The molecule has 2 nitrogen and oxygen atoms in total. The second-order valence-electron chi connectivity index (χ2n) is 4.46. The van der Waals surface area contributed by atoms with Crippen molar-refractivity contribution in [2.75, 3.05) is 38.6 Å². The highest BCUT2D eigenvalue weighted by Gasteiger charge is 2.09. The molecule has 0 spiro atoms. The summed E-state index contributed by atoms with van der Waals surface area (Å²) in [6.07, 6.45) is 0. The van der Waals surface area contributed by atoms with Gasteiger partial charge in [-0.15, -0.1) is 0 Å². The Morgan fingerprint density at radius 3 is 2.72 bits per heavy atom. The molecule has 0 saturated carbocycles. The molecule has 0 unspecified atom stereocenters. The van der Waals surface area contributed by atoms with E-state index >= 15 is 0 Å². The van der Waals surface area contributed by atoms with E-state index in [0.717, 1.165) is 32.1 Å². The minimum Gasteiger partial charge on any atom is -0.379 e. The van der Waals surface area contributed by atoms with E-state index in [1.165, 1.54) is 23.4 Å². The van der Waals surface area contributed by atoms with Gasteiger partial charge in [0.05, 0.1) is 13.2 Å². The molecule has 0 radical (unpaired) electrons. The van der Waals surface area contributed by atoms with Crippen molar-refractivity contribution in [1.29, 1.82) is 0 Å². The highest BCUT2D eigenvalue weighted by atomic mass is 33.1. The first-order valence-corrected chi connectivity index (χ1v) is 8.94. The topological polar surface area (TPSA) is 12.5 Å². The average Bonchev–Trinajstić information content (AvgIpc) is 2.42. The molecule has 1 aromatic carbocycles. The molecule has 4 heteroatoms. The summed E-state index contributed by atoms with van der Waals surface area (Å²) in [5.41, 5.74) is 2.86. The van der Waals surface area contributed by atoms with Gasteiger partial charge in [0.25, 0.3) is 0 Å². The molecule has 0 atom stereocenters. The predicted molar refractivity (Wildman–Crippen MR) is 82.2 cm³/mol. The smallest absolute Gasteiger partial charge is 0.0594 e. The Morgan fingerprint density at radius 1 is 1.17 bits per heavy atom. The normalized spacial score (nSPS) is 16.9. The van der Waals surface area contributed by atoms with Crippen LogP contribution in [0.5, 0.6) is 0 Å². The second-order valence-corrected chi connectivity index (χ2v) is 7.05. The molecule has 1 heterocycles. The first-order valence-electron chi connectivity index (χ1n) is 6.45. The van der Waals surface area contributed by atoms with Crippen molar-refractivity contribution >= 4 is 21.6 Å². The quantitative estimate of drug-likeness (QED) is 0.587. The van der Waals surface area contributed by atoms with Crippen LogP contribution in [0.15, 0.2) is 24.3 Å². The van der Waals surface area contributed by atoms with Gasteiger partial charge in [0.15, 0.2) is 0 Å². The van der Waals surface area contributed by atoms with Crippen molar-refractivity contribution in [2.45, 2.75) is 12.7 Å².